The number of nitrogens with zero attached hydrogens (tertiary/aromatic N) is 1. The highest BCUT2D eigenvalue weighted by atomic mass is 16.5. The molecule has 50 valence electrons. The van der Waals surface area contributed by atoms with Crippen LogP contribution in [0.15, 0.2) is 0 Å². The molecule has 1 atom stereocenters. The quantitative estimate of drug-likeness (QED) is 0.509. The van der Waals surface area contributed by atoms with Gasteiger partial charge in [0.2, 0.25) is 0 Å². The molecule has 0 aromatic carbocycles. The zero-order valence-electron chi connectivity index (χ0n) is 5.59. The molecule has 3 heteroatoms. The molecule has 0 rings (SSSR count). The van der Waals surface area contributed by atoms with Gasteiger partial charge in [-0.25, -0.2) is 0 Å². The predicted molar refractivity (Wildman–Crippen MR) is 31.6 cm³/mol. The van der Waals surface area contributed by atoms with Crippen molar-refractivity contribution in [2.45, 2.75) is 6.23 Å². The maximum atomic E-state index is 8.53. The second kappa shape index (κ2) is 3.83. The number of aliphatic hydroxyl groups is 1. The number of likely N-dealkylation sites (N-methyl/N-ethyl adjacent to an activating group) is 1. The number of ether oxygens (including phenoxy) is 1. The van der Waals surface area contributed by atoms with Crippen molar-refractivity contribution in [3.8, 4) is 0 Å². The fourth-order valence-corrected chi connectivity index (χ4v) is 0.449. The van der Waals surface area contributed by atoms with Gasteiger partial charge in [-0.2, -0.15) is 0 Å². The Labute approximate surface area is 49.9 Å². The highest BCUT2D eigenvalue weighted by molar-refractivity contribution is 4.47. The third kappa shape index (κ3) is 2.26. The van der Waals surface area contributed by atoms with E-state index in [0.717, 1.165) is 0 Å². The first-order chi connectivity index (χ1) is 3.72. The lowest BCUT2D eigenvalue weighted by Gasteiger charge is -2.19. The van der Waals surface area contributed by atoms with E-state index in [2.05, 4.69) is 0 Å². The summed E-state index contributed by atoms with van der Waals surface area (Å²) in [7, 11) is 5.27. The summed E-state index contributed by atoms with van der Waals surface area (Å²) in [4.78, 5) is 1.81. The van der Waals surface area contributed by atoms with E-state index in [0.29, 0.717) is 0 Å². The molecule has 3 nitrogen and oxygen atoms in total. The third-order valence-electron chi connectivity index (χ3n) is 1.00. The van der Waals surface area contributed by atoms with Gasteiger partial charge in [0.1, 0.15) is 6.23 Å². The van der Waals surface area contributed by atoms with Crippen molar-refractivity contribution in [2.75, 3.05) is 27.8 Å². The molecule has 0 bridgehead atoms. The van der Waals surface area contributed by atoms with Gasteiger partial charge in [0.25, 0.3) is 0 Å². The molecular formula is C5H13NO2. The standard InChI is InChI=1S/C5H13NO2/c1-6(2)5(4-7)8-3/h5,7H,4H2,1-3H3. The molecule has 0 spiro atoms. The smallest absolute Gasteiger partial charge is 0.133 e. The molecular weight excluding hydrogens is 106 g/mol. The van der Waals surface area contributed by atoms with Crippen LogP contribution in [0.1, 0.15) is 0 Å². The normalized spacial score (nSPS) is 14.6. The van der Waals surface area contributed by atoms with Gasteiger partial charge in [0.05, 0.1) is 6.61 Å². The largest absolute Gasteiger partial charge is 0.392 e. The molecule has 1 unspecified atom stereocenters. The van der Waals surface area contributed by atoms with Gasteiger partial charge in [-0.1, -0.05) is 0 Å². The van der Waals surface area contributed by atoms with Gasteiger partial charge in [-0.15, -0.1) is 0 Å². The van der Waals surface area contributed by atoms with Crippen LogP contribution in [0.25, 0.3) is 0 Å². The van der Waals surface area contributed by atoms with Crippen LogP contribution >= 0.6 is 0 Å². The van der Waals surface area contributed by atoms with Crippen molar-refractivity contribution in [2.24, 2.45) is 0 Å². The summed E-state index contributed by atoms with van der Waals surface area (Å²) in [5.74, 6) is 0. The molecule has 0 aromatic rings. The van der Waals surface area contributed by atoms with E-state index in [-0.39, 0.29) is 12.8 Å². The van der Waals surface area contributed by atoms with E-state index in [4.69, 9.17) is 9.84 Å². The molecule has 0 amide bonds. The van der Waals surface area contributed by atoms with Gasteiger partial charge >= 0.3 is 0 Å². The van der Waals surface area contributed by atoms with Gasteiger partial charge in [0.15, 0.2) is 0 Å². The van der Waals surface area contributed by atoms with Crippen molar-refractivity contribution in [3.63, 3.8) is 0 Å². The Morgan fingerprint density at radius 2 is 2.12 bits per heavy atom. The van der Waals surface area contributed by atoms with Crippen LogP contribution < -0.4 is 0 Å². The van der Waals surface area contributed by atoms with E-state index in [1.807, 2.05) is 14.1 Å². The molecule has 0 saturated heterocycles. The first-order valence-corrected chi connectivity index (χ1v) is 2.52. The van der Waals surface area contributed by atoms with E-state index >= 15 is 0 Å². The highest BCUT2D eigenvalue weighted by Gasteiger charge is 2.05. The Balaban J connectivity index is 3.35. The summed E-state index contributed by atoms with van der Waals surface area (Å²) in [5.41, 5.74) is 0. The molecule has 0 heterocycles. The summed E-state index contributed by atoms with van der Waals surface area (Å²) in [6.45, 7) is 0.0451. The van der Waals surface area contributed by atoms with Crippen molar-refractivity contribution in [1.29, 1.82) is 0 Å². The lowest BCUT2D eigenvalue weighted by Crippen LogP contribution is -2.32. The predicted octanol–water partition coefficient (Wildman–Crippen LogP) is -0.487. The molecule has 0 aliphatic rings. The molecule has 8 heavy (non-hydrogen) atoms. The third-order valence-corrected chi connectivity index (χ3v) is 1.00. The molecule has 0 aliphatic carbocycles. The van der Waals surface area contributed by atoms with Gasteiger partial charge in [-0.05, 0) is 14.1 Å². The second-order valence-corrected chi connectivity index (χ2v) is 1.84. The maximum Gasteiger partial charge on any atom is 0.133 e. The lowest BCUT2D eigenvalue weighted by atomic mass is 10.5. The second-order valence-electron chi connectivity index (χ2n) is 1.84. The number of hydrogen-bond donors (Lipinski definition) is 1. The molecule has 1 N–H and O–H groups in total. The fourth-order valence-electron chi connectivity index (χ4n) is 0.449. The highest BCUT2D eigenvalue weighted by Crippen LogP contribution is 1.89. The molecule has 0 aliphatic heterocycles. The Morgan fingerprint density at radius 1 is 1.62 bits per heavy atom. The number of methoxy groups -OCH3 is 1. The minimum atomic E-state index is -0.157. The van der Waals surface area contributed by atoms with Gasteiger partial charge in [0, 0.05) is 7.11 Å². The summed E-state index contributed by atoms with van der Waals surface area (Å²) < 4.78 is 4.84. The monoisotopic (exact) mass is 119 g/mol. The molecule has 0 radical (unpaired) electrons. The Bertz CT molecular complexity index is 52.4. The first-order valence-electron chi connectivity index (χ1n) is 2.52. The van der Waals surface area contributed by atoms with Crippen LogP contribution in [0, 0.1) is 0 Å². The van der Waals surface area contributed by atoms with Crippen LogP contribution in [0.4, 0.5) is 0 Å². The number of rotatable bonds is 3. The van der Waals surface area contributed by atoms with E-state index < -0.39 is 0 Å². The van der Waals surface area contributed by atoms with Crippen molar-refractivity contribution >= 4 is 0 Å². The average molecular weight is 119 g/mol. The Kier molecular flexibility index (Phi) is 3.77. The van der Waals surface area contributed by atoms with Crippen molar-refractivity contribution in [1.82, 2.24) is 4.90 Å². The van der Waals surface area contributed by atoms with Gasteiger partial charge in [-0.3, -0.25) is 4.90 Å². The molecule has 0 aromatic heterocycles. The summed E-state index contributed by atoms with van der Waals surface area (Å²) in [6, 6.07) is 0. The van der Waals surface area contributed by atoms with Crippen LogP contribution in [0.3, 0.4) is 0 Å². The fraction of sp³-hybridized carbons (Fsp3) is 1.00. The van der Waals surface area contributed by atoms with E-state index in [1.165, 1.54) is 0 Å². The van der Waals surface area contributed by atoms with Crippen LogP contribution in [-0.4, -0.2) is 44.0 Å². The average Bonchev–Trinajstić information content (AvgIpc) is 1.69. The first kappa shape index (κ1) is 7.88. The summed E-state index contributed by atoms with van der Waals surface area (Å²) >= 11 is 0. The minimum absolute atomic E-state index is 0.0451. The van der Waals surface area contributed by atoms with Crippen LogP contribution in [0.2, 0.25) is 0 Å². The van der Waals surface area contributed by atoms with E-state index in [1.54, 1.807) is 12.0 Å². The zero-order valence-corrected chi connectivity index (χ0v) is 5.59. The lowest BCUT2D eigenvalue weighted by molar-refractivity contribution is -0.0401. The Morgan fingerprint density at radius 3 is 2.12 bits per heavy atom. The Hall–Kier alpha value is -0.120. The maximum absolute atomic E-state index is 8.53. The zero-order chi connectivity index (χ0) is 6.57. The summed E-state index contributed by atoms with van der Waals surface area (Å²) in [5, 5.41) is 8.53. The van der Waals surface area contributed by atoms with Crippen molar-refractivity contribution < 1.29 is 9.84 Å². The SMILES string of the molecule is COC(CO)N(C)C. The summed E-state index contributed by atoms with van der Waals surface area (Å²) in [6.07, 6.45) is -0.157. The van der Waals surface area contributed by atoms with Gasteiger partial charge < -0.3 is 9.84 Å². The minimum Gasteiger partial charge on any atom is -0.392 e. The van der Waals surface area contributed by atoms with Crippen molar-refractivity contribution in [3.05, 3.63) is 0 Å². The number of hydrogen-bond acceptors (Lipinski definition) is 3. The molecule has 0 fully saturated rings. The topological polar surface area (TPSA) is 32.7 Å². The molecule has 0 saturated carbocycles. The van der Waals surface area contributed by atoms with Crippen LogP contribution in [0.5, 0.6) is 0 Å². The van der Waals surface area contributed by atoms with E-state index in [9.17, 15) is 0 Å². The number of aliphatic hydroxyl groups excluding tert-OH is 1. The van der Waals surface area contributed by atoms with Crippen LogP contribution in [-0.2, 0) is 4.74 Å².